The van der Waals surface area contributed by atoms with E-state index in [9.17, 15) is 4.79 Å². The Kier molecular flexibility index (Phi) is 2.97. The molecule has 0 heterocycles. The van der Waals surface area contributed by atoms with Crippen LogP contribution in [-0.4, -0.2) is 5.78 Å². The molecule has 1 nitrogen and oxygen atoms in total. The van der Waals surface area contributed by atoms with Crippen molar-refractivity contribution in [3.05, 3.63) is 36.5 Å². The summed E-state index contributed by atoms with van der Waals surface area (Å²) in [5.41, 5.74) is 0. The molecule has 1 saturated carbocycles. The Morgan fingerprint density at radius 2 is 1.71 bits per heavy atom. The van der Waals surface area contributed by atoms with Crippen molar-refractivity contribution >= 4 is 5.78 Å². The van der Waals surface area contributed by atoms with Crippen LogP contribution in [0, 0.1) is 11.8 Å². The molecule has 14 heavy (non-hydrogen) atoms. The normalized spacial score (nSPS) is 28.0. The van der Waals surface area contributed by atoms with Crippen LogP contribution in [0.25, 0.3) is 0 Å². The van der Waals surface area contributed by atoms with Gasteiger partial charge in [-0.15, -0.1) is 0 Å². The Morgan fingerprint density at radius 3 is 2.36 bits per heavy atom. The second-order valence-electron chi connectivity index (χ2n) is 4.05. The molecule has 1 unspecified atom stereocenters. The van der Waals surface area contributed by atoms with E-state index in [2.05, 4.69) is 12.2 Å². The Morgan fingerprint density at radius 1 is 1.00 bits per heavy atom. The lowest BCUT2D eigenvalue weighted by atomic mass is 9.79. The first-order valence-corrected chi connectivity index (χ1v) is 5.42. The zero-order chi connectivity index (χ0) is 9.80. The Labute approximate surface area is 85.2 Å². The Hall–Kier alpha value is -1.11. The van der Waals surface area contributed by atoms with Gasteiger partial charge in [0, 0.05) is 18.3 Å². The number of ketones is 1. The summed E-state index contributed by atoms with van der Waals surface area (Å²) in [6, 6.07) is 0. The third kappa shape index (κ3) is 2.03. The van der Waals surface area contributed by atoms with Crippen molar-refractivity contribution in [1.82, 2.24) is 0 Å². The molecule has 0 amide bonds. The van der Waals surface area contributed by atoms with Crippen molar-refractivity contribution in [2.45, 2.75) is 25.7 Å². The second-order valence-corrected chi connectivity index (χ2v) is 4.05. The van der Waals surface area contributed by atoms with Crippen LogP contribution in [0.5, 0.6) is 0 Å². The van der Waals surface area contributed by atoms with Crippen LogP contribution in [0.15, 0.2) is 36.5 Å². The predicted octanol–water partition coefficient (Wildman–Crippen LogP) is 3.04. The van der Waals surface area contributed by atoms with E-state index in [4.69, 9.17) is 0 Å². The highest BCUT2D eigenvalue weighted by Gasteiger charge is 2.27. The highest BCUT2D eigenvalue weighted by Crippen LogP contribution is 2.29. The van der Waals surface area contributed by atoms with Gasteiger partial charge in [-0.3, -0.25) is 4.79 Å². The van der Waals surface area contributed by atoms with E-state index < -0.39 is 0 Å². The van der Waals surface area contributed by atoms with Crippen LogP contribution in [0.4, 0.5) is 0 Å². The van der Waals surface area contributed by atoms with Crippen LogP contribution >= 0.6 is 0 Å². The van der Waals surface area contributed by atoms with E-state index in [1.165, 1.54) is 6.42 Å². The van der Waals surface area contributed by atoms with E-state index in [1.54, 1.807) is 0 Å². The molecule has 0 bridgehead atoms. The number of Topliss-reactive ketones (excluding diaryl/α,β-unsaturated/α-hetero) is 1. The maximum atomic E-state index is 11.7. The van der Waals surface area contributed by atoms with Gasteiger partial charge in [-0.25, -0.2) is 0 Å². The number of hydrogen-bond donors (Lipinski definition) is 0. The lowest BCUT2D eigenvalue weighted by Crippen LogP contribution is -2.24. The molecule has 0 aromatic rings. The van der Waals surface area contributed by atoms with Crippen molar-refractivity contribution in [3.8, 4) is 0 Å². The lowest BCUT2D eigenvalue weighted by molar-refractivity contribution is -0.125. The highest BCUT2D eigenvalue weighted by molar-refractivity contribution is 5.82. The molecule has 2 aliphatic carbocycles. The highest BCUT2D eigenvalue weighted by atomic mass is 16.1. The molecule has 74 valence electrons. The molecule has 1 heteroatoms. The molecule has 0 radical (unpaired) electrons. The molecule has 0 aromatic heterocycles. The number of carbonyl (C=O) groups is 1. The van der Waals surface area contributed by atoms with Gasteiger partial charge in [0.1, 0.15) is 5.78 Å². The summed E-state index contributed by atoms with van der Waals surface area (Å²) in [5, 5.41) is 0. The summed E-state index contributed by atoms with van der Waals surface area (Å²) >= 11 is 0. The van der Waals surface area contributed by atoms with Gasteiger partial charge in [-0.1, -0.05) is 42.9 Å². The van der Waals surface area contributed by atoms with Gasteiger partial charge < -0.3 is 0 Å². The van der Waals surface area contributed by atoms with E-state index in [0.717, 1.165) is 19.3 Å². The molecular formula is C13H16O. The molecular weight excluding hydrogens is 172 g/mol. The van der Waals surface area contributed by atoms with Gasteiger partial charge >= 0.3 is 0 Å². The van der Waals surface area contributed by atoms with Crippen molar-refractivity contribution in [2.75, 3.05) is 0 Å². The third-order valence-electron chi connectivity index (χ3n) is 3.07. The average molecular weight is 188 g/mol. The summed E-state index contributed by atoms with van der Waals surface area (Å²) in [6.45, 7) is 0. The molecule has 0 N–H and O–H groups in total. The van der Waals surface area contributed by atoms with Crippen molar-refractivity contribution in [1.29, 1.82) is 0 Å². The predicted molar refractivity (Wildman–Crippen MR) is 57.9 cm³/mol. The second kappa shape index (κ2) is 4.41. The van der Waals surface area contributed by atoms with Crippen molar-refractivity contribution in [2.24, 2.45) is 11.8 Å². The molecule has 0 aromatic carbocycles. The maximum absolute atomic E-state index is 11.7. The summed E-state index contributed by atoms with van der Waals surface area (Å²) in [7, 11) is 0. The van der Waals surface area contributed by atoms with Gasteiger partial charge in [-0.05, 0) is 12.8 Å². The molecule has 0 aliphatic heterocycles. The fraction of sp³-hybridized carbons (Fsp3) is 0.462. The summed E-state index contributed by atoms with van der Waals surface area (Å²) in [4.78, 5) is 11.7. The van der Waals surface area contributed by atoms with Crippen LogP contribution < -0.4 is 0 Å². The number of rotatable bonds is 1. The molecule has 1 atom stereocenters. The average Bonchev–Trinajstić information content (AvgIpc) is 2.47. The minimum absolute atomic E-state index is 0.246. The van der Waals surface area contributed by atoms with E-state index >= 15 is 0 Å². The molecule has 0 spiro atoms. The molecule has 0 saturated heterocycles. The first-order chi connectivity index (χ1) is 6.88. The van der Waals surface area contributed by atoms with Crippen LogP contribution in [0.2, 0.25) is 0 Å². The van der Waals surface area contributed by atoms with Gasteiger partial charge in [-0.2, -0.15) is 0 Å². The SMILES string of the molecule is O=C1CCCCC1C1C=CC=CC=C1. The van der Waals surface area contributed by atoms with Crippen LogP contribution in [0.3, 0.4) is 0 Å². The topological polar surface area (TPSA) is 17.1 Å². The van der Waals surface area contributed by atoms with Crippen LogP contribution in [0.1, 0.15) is 25.7 Å². The number of carbonyl (C=O) groups excluding carboxylic acids is 1. The number of allylic oxidation sites excluding steroid dienone is 6. The fourth-order valence-corrected chi connectivity index (χ4v) is 2.26. The van der Waals surface area contributed by atoms with E-state index in [1.807, 2.05) is 24.3 Å². The molecule has 1 fully saturated rings. The smallest absolute Gasteiger partial charge is 0.136 e. The monoisotopic (exact) mass is 188 g/mol. The summed E-state index contributed by atoms with van der Waals surface area (Å²) < 4.78 is 0. The quantitative estimate of drug-likeness (QED) is 0.618. The van der Waals surface area contributed by atoms with Gasteiger partial charge in [0.25, 0.3) is 0 Å². The zero-order valence-electron chi connectivity index (χ0n) is 8.36. The standard InChI is InChI=1S/C13H16O/c14-13-10-6-5-9-12(13)11-7-3-1-2-4-8-11/h1-4,7-8,11-12H,5-6,9-10H2. The maximum Gasteiger partial charge on any atom is 0.136 e. The van der Waals surface area contributed by atoms with E-state index in [-0.39, 0.29) is 5.92 Å². The lowest BCUT2D eigenvalue weighted by Gasteiger charge is -2.24. The first kappa shape index (κ1) is 9.45. The summed E-state index contributed by atoms with van der Waals surface area (Å²) in [5.74, 6) is 1.03. The van der Waals surface area contributed by atoms with Gasteiger partial charge in [0.15, 0.2) is 0 Å². The summed E-state index contributed by atoms with van der Waals surface area (Å²) in [6.07, 6.45) is 16.6. The third-order valence-corrected chi connectivity index (χ3v) is 3.07. The zero-order valence-corrected chi connectivity index (χ0v) is 8.36. The number of hydrogen-bond acceptors (Lipinski definition) is 1. The van der Waals surface area contributed by atoms with Crippen molar-refractivity contribution < 1.29 is 4.79 Å². The minimum atomic E-state index is 0.246. The Balaban J connectivity index is 2.09. The van der Waals surface area contributed by atoms with Gasteiger partial charge in [0.2, 0.25) is 0 Å². The minimum Gasteiger partial charge on any atom is -0.299 e. The molecule has 2 aliphatic rings. The van der Waals surface area contributed by atoms with Crippen LogP contribution in [-0.2, 0) is 4.79 Å². The fourth-order valence-electron chi connectivity index (χ4n) is 2.26. The molecule has 2 rings (SSSR count). The Bertz CT molecular complexity index is 280. The largest absolute Gasteiger partial charge is 0.299 e. The van der Waals surface area contributed by atoms with Crippen molar-refractivity contribution in [3.63, 3.8) is 0 Å². The van der Waals surface area contributed by atoms with Gasteiger partial charge in [0.05, 0.1) is 0 Å². The van der Waals surface area contributed by atoms with E-state index in [0.29, 0.717) is 11.7 Å². The first-order valence-electron chi connectivity index (χ1n) is 5.42.